The van der Waals surface area contributed by atoms with E-state index in [1.54, 1.807) is 65.8 Å². The molecule has 2 aliphatic rings. The zero-order valence-electron chi connectivity index (χ0n) is 31.6. The van der Waals surface area contributed by atoms with E-state index in [-0.39, 0.29) is 48.0 Å². The number of rotatable bonds is 8. The van der Waals surface area contributed by atoms with Gasteiger partial charge in [-0.3, -0.25) is 9.69 Å². The lowest BCUT2D eigenvalue weighted by atomic mass is 9.99. The third kappa shape index (κ3) is 11.0. The first-order valence-corrected chi connectivity index (χ1v) is 19.9. The van der Waals surface area contributed by atoms with Gasteiger partial charge in [-0.1, -0.05) is 45.9 Å². The fourth-order valence-electron chi connectivity index (χ4n) is 5.03. The summed E-state index contributed by atoms with van der Waals surface area (Å²) in [6.45, 7) is 23.6. The van der Waals surface area contributed by atoms with Gasteiger partial charge in [-0.05, 0) is 83.8 Å². The Balaban J connectivity index is 2.17. The molecule has 3 rings (SSSR count). The Bertz CT molecular complexity index is 1400. The summed E-state index contributed by atoms with van der Waals surface area (Å²) in [5.41, 5.74) is 0.251. The molecule has 0 aliphatic carbocycles. The molecule has 274 valence electrons. The topological polar surface area (TPSA) is 119 Å². The standard InChI is InChI=1S/C37H57NO10Si/c1-24-17-18-28(39)32-29(46-37(9,10)47-32)16-14-15-26-21-27(22-30(43-23-42-11)31(26)33(40)45-25(24)2)38(34(41)48-35(3,4)5)19-20-44-49(12,13)36(6,7)8/h14-15,17-18,21-22,24-25,29,32H,16,19-20,23H2,1-13H3/b15-14?,18-17-/t24-,25+,29+,32-/m1/s1. The van der Waals surface area contributed by atoms with Gasteiger partial charge in [-0.15, -0.1) is 0 Å². The molecule has 11 nitrogen and oxygen atoms in total. The summed E-state index contributed by atoms with van der Waals surface area (Å²) in [4.78, 5) is 42.3. The van der Waals surface area contributed by atoms with Crippen LogP contribution in [0.4, 0.5) is 10.5 Å². The number of cyclic esters (lactones) is 1. The van der Waals surface area contributed by atoms with Crippen molar-refractivity contribution in [2.45, 2.75) is 123 Å². The molecule has 1 amide bonds. The van der Waals surface area contributed by atoms with Gasteiger partial charge in [0.25, 0.3) is 0 Å². The number of fused-ring (bicyclic) bond motifs is 2. The van der Waals surface area contributed by atoms with E-state index in [4.69, 9.17) is 32.8 Å². The van der Waals surface area contributed by atoms with E-state index in [9.17, 15) is 14.4 Å². The number of methoxy groups -OCH3 is 1. The second kappa shape index (κ2) is 15.9. The zero-order valence-corrected chi connectivity index (χ0v) is 32.6. The maximum atomic E-state index is 13.9. The van der Waals surface area contributed by atoms with Crippen molar-refractivity contribution in [2.24, 2.45) is 5.92 Å². The van der Waals surface area contributed by atoms with Crippen LogP contribution < -0.4 is 9.64 Å². The first-order valence-electron chi connectivity index (χ1n) is 16.9. The van der Waals surface area contributed by atoms with Crippen LogP contribution in [0.2, 0.25) is 18.1 Å². The molecule has 0 unspecified atom stereocenters. The SMILES string of the molecule is COCOc1cc(N(CCO[Si](C)(C)C(C)(C)C)C(=O)OC(C)(C)C)cc2c1C(=O)O[C@@H](C)[C@H](C)/C=C\C(=O)[C@H]1OC(C)(C)O[C@H]1CC=C2. The Morgan fingerprint density at radius 3 is 2.33 bits per heavy atom. The van der Waals surface area contributed by atoms with Gasteiger partial charge in [-0.2, -0.15) is 0 Å². The summed E-state index contributed by atoms with van der Waals surface area (Å²) >= 11 is 0. The van der Waals surface area contributed by atoms with Crippen molar-refractivity contribution in [1.82, 2.24) is 0 Å². The minimum Gasteiger partial charge on any atom is -0.467 e. The number of anilines is 1. The normalized spacial score (nSPS) is 23.9. The van der Waals surface area contributed by atoms with E-state index in [0.717, 1.165) is 0 Å². The van der Waals surface area contributed by atoms with Gasteiger partial charge in [0.1, 0.15) is 29.1 Å². The van der Waals surface area contributed by atoms with E-state index >= 15 is 0 Å². The van der Waals surface area contributed by atoms with Crippen LogP contribution in [0.3, 0.4) is 0 Å². The molecule has 0 saturated carbocycles. The van der Waals surface area contributed by atoms with Crippen LogP contribution in [0.1, 0.15) is 91.6 Å². The summed E-state index contributed by atoms with van der Waals surface area (Å²) < 4.78 is 41.5. The number of nitrogens with zero attached hydrogens (tertiary/aromatic N) is 1. The Kier molecular flexibility index (Phi) is 13.1. The molecular weight excluding hydrogens is 646 g/mol. The van der Waals surface area contributed by atoms with E-state index in [0.29, 0.717) is 17.7 Å². The molecule has 2 aliphatic heterocycles. The average molecular weight is 704 g/mol. The van der Waals surface area contributed by atoms with Crippen LogP contribution in [0.5, 0.6) is 5.75 Å². The van der Waals surface area contributed by atoms with Gasteiger partial charge in [0.05, 0.1) is 24.9 Å². The highest BCUT2D eigenvalue weighted by atomic mass is 28.4. The molecule has 0 spiro atoms. The lowest BCUT2D eigenvalue weighted by molar-refractivity contribution is -0.152. The summed E-state index contributed by atoms with van der Waals surface area (Å²) in [7, 11) is -0.658. The molecule has 1 aromatic carbocycles. The van der Waals surface area contributed by atoms with Crippen molar-refractivity contribution in [1.29, 1.82) is 0 Å². The molecule has 0 radical (unpaired) electrons. The van der Waals surface area contributed by atoms with Crippen molar-refractivity contribution in [3.8, 4) is 5.75 Å². The van der Waals surface area contributed by atoms with Crippen molar-refractivity contribution < 1.29 is 47.2 Å². The average Bonchev–Trinajstić information content (AvgIpc) is 3.28. The third-order valence-electron chi connectivity index (χ3n) is 8.89. The number of ketones is 1. The van der Waals surface area contributed by atoms with Crippen LogP contribution in [0.15, 0.2) is 30.4 Å². The predicted octanol–water partition coefficient (Wildman–Crippen LogP) is 7.68. The molecule has 1 aromatic rings. The number of esters is 1. The zero-order chi connectivity index (χ0) is 36.9. The van der Waals surface area contributed by atoms with Crippen LogP contribution in [0, 0.1) is 5.92 Å². The quantitative estimate of drug-likeness (QED) is 0.152. The van der Waals surface area contributed by atoms with Gasteiger partial charge < -0.3 is 32.8 Å². The van der Waals surface area contributed by atoms with Crippen LogP contribution in [0.25, 0.3) is 6.08 Å². The lowest BCUT2D eigenvalue weighted by Gasteiger charge is -2.37. The predicted molar refractivity (Wildman–Crippen MR) is 191 cm³/mol. The Labute approximate surface area is 293 Å². The largest absolute Gasteiger partial charge is 0.467 e. The fourth-order valence-corrected chi connectivity index (χ4v) is 6.06. The molecule has 12 heteroatoms. The van der Waals surface area contributed by atoms with Crippen molar-refractivity contribution in [3.63, 3.8) is 0 Å². The van der Waals surface area contributed by atoms with Gasteiger partial charge in [0.2, 0.25) is 0 Å². The fraction of sp³-hybridized carbons (Fsp3) is 0.649. The van der Waals surface area contributed by atoms with E-state index in [1.807, 2.05) is 13.0 Å². The minimum atomic E-state index is -2.14. The van der Waals surface area contributed by atoms with Gasteiger partial charge >= 0.3 is 12.1 Å². The summed E-state index contributed by atoms with van der Waals surface area (Å²) in [5.74, 6) is -1.93. The minimum absolute atomic E-state index is 0.0251. The highest BCUT2D eigenvalue weighted by molar-refractivity contribution is 6.74. The number of carbonyl (C=O) groups is 3. The lowest BCUT2D eigenvalue weighted by Crippen LogP contribution is -2.44. The van der Waals surface area contributed by atoms with Crippen molar-refractivity contribution in [2.75, 3.05) is 32.0 Å². The first kappa shape index (κ1) is 40.4. The van der Waals surface area contributed by atoms with Crippen molar-refractivity contribution >= 4 is 37.9 Å². The molecule has 0 N–H and O–H groups in total. The third-order valence-corrected chi connectivity index (χ3v) is 13.4. The van der Waals surface area contributed by atoms with Crippen LogP contribution >= 0.6 is 0 Å². The van der Waals surface area contributed by atoms with Gasteiger partial charge in [0, 0.05) is 19.1 Å². The molecular formula is C37H57NO10Si. The molecule has 0 bridgehead atoms. The van der Waals surface area contributed by atoms with Crippen LogP contribution in [-0.4, -0.2) is 82.9 Å². The van der Waals surface area contributed by atoms with Gasteiger partial charge in [-0.25, -0.2) is 9.59 Å². The summed E-state index contributed by atoms with van der Waals surface area (Å²) in [6.07, 6.45) is 4.51. The second-order valence-electron chi connectivity index (χ2n) is 15.7. The maximum Gasteiger partial charge on any atom is 0.414 e. The second-order valence-corrected chi connectivity index (χ2v) is 20.5. The van der Waals surface area contributed by atoms with Gasteiger partial charge in [0.15, 0.2) is 26.7 Å². The Morgan fingerprint density at radius 2 is 1.71 bits per heavy atom. The van der Waals surface area contributed by atoms with Crippen LogP contribution in [-0.2, 0) is 32.9 Å². The number of hydrogen-bond donors (Lipinski definition) is 0. The monoisotopic (exact) mass is 703 g/mol. The number of hydrogen-bond acceptors (Lipinski definition) is 10. The number of ether oxygens (including phenoxy) is 6. The van der Waals surface area contributed by atoms with E-state index in [1.165, 1.54) is 18.1 Å². The van der Waals surface area contributed by atoms with E-state index in [2.05, 4.69) is 33.9 Å². The smallest absolute Gasteiger partial charge is 0.414 e. The number of carbonyl (C=O) groups excluding carboxylic acids is 3. The molecule has 2 heterocycles. The number of benzene rings is 1. The highest BCUT2D eigenvalue weighted by Crippen LogP contribution is 2.38. The maximum absolute atomic E-state index is 13.9. The first-order chi connectivity index (χ1) is 22.5. The highest BCUT2D eigenvalue weighted by Gasteiger charge is 2.44. The van der Waals surface area contributed by atoms with Crippen molar-refractivity contribution in [3.05, 3.63) is 41.5 Å². The number of amides is 1. The van der Waals surface area contributed by atoms with E-state index < -0.39 is 50.1 Å². The molecule has 49 heavy (non-hydrogen) atoms. The summed E-state index contributed by atoms with van der Waals surface area (Å²) in [5, 5.41) is -0.0251. The molecule has 1 fully saturated rings. The molecule has 4 atom stereocenters. The molecule has 0 aromatic heterocycles. The Morgan fingerprint density at radius 1 is 1.04 bits per heavy atom. The summed E-state index contributed by atoms with van der Waals surface area (Å²) in [6, 6.07) is 3.34. The molecule has 1 saturated heterocycles. The Hall–Kier alpha value is -3.03.